The molecule has 23 heavy (non-hydrogen) atoms. The summed E-state index contributed by atoms with van der Waals surface area (Å²) in [6.07, 6.45) is 1.73. The summed E-state index contributed by atoms with van der Waals surface area (Å²) in [6, 6.07) is 5.47. The lowest BCUT2D eigenvalue weighted by Crippen LogP contribution is -2.35. The third kappa shape index (κ3) is 5.78. The van der Waals surface area contributed by atoms with Crippen molar-refractivity contribution in [3.05, 3.63) is 34.9 Å². The van der Waals surface area contributed by atoms with Crippen LogP contribution in [0.25, 0.3) is 0 Å². The molecule has 0 bridgehead atoms. The Morgan fingerprint density at radius 3 is 2.61 bits per heavy atom. The number of benzene rings is 1. The Hall–Kier alpha value is -2.28. The second-order valence-corrected chi connectivity index (χ2v) is 5.70. The van der Waals surface area contributed by atoms with Crippen molar-refractivity contribution in [1.29, 1.82) is 0 Å². The Labute approximate surface area is 138 Å². The number of nitrogens with two attached hydrogens (primary N) is 1. The van der Waals surface area contributed by atoms with Gasteiger partial charge in [-0.3, -0.25) is 9.59 Å². The van der Waals surface area contributed by atoms with Crippen molar-refractivity contribution in [3.8, 4) is 0 Å². The van der Waals surface area contributed by atoms with Crippen LogP contribution in [-0.2, 0) is 14.3 Å². The van der Waals surface area contributed by atoms with Gasteiger partial charge in [-0.2, -0.15) is 0 Å². The number of hydrogen-bond donors (Lipinski definition) is 3. The average Bonchev–Trinajstić information content (AvgIpc) is 3.28. The number of halogens is 1. The van der Waals surface area contributed by atoms with Crippen LogP contribution in [0.5, 0.6) is 0 Å². The molecule has 7 nitrogen and oxygen atoms in total. The molecular formula is C15H18ClN3O4. The van der Waals surface area contributed by atoms with Gasteiger partial charge in [0.1, 0.15) is 0 Å². The topological polar surface area (TPSA) is 111 Å². The minimum atomic E-state index is -0.783. The second kappa shape index (κ2) is 7.82. The number of carbonyl (C=O) groups is 3. The molecule has 0 saturated heterocycles. The van der Waals surface area contributed by atoms with Crippen LogP contribution < -0.4 is 16.4 Å². The molecular weight excluding hydrogens is 322 g/mol. The van der Waals surface area contributed by atoms with Gasteiger partial charge >= 0.3 is 12.0 Å². The lowest BCUT2D eigenvalue weighted by atomic mass is 10.0. The van der Waals surface area contributed by atoms with E-state index in [0.29, 0.717) is 10.6 Å². The summed E-state index contributed by atoms with van der Waals surface area (Å²) in [5.41, 5.74) is 5.68. The fraction of sp³-hybridized carbons (Fsp3) is 0.400. The summed E-state index contributed by atoms with van der Waals surface area (Å²) < 4.78 is 4.92. The molecule has 8 heteroatoms. The second-order valence-electron chi connectivity index (χ2n) is 5.29. The highest BCUT2D eigenvalue weighted by Crippen LogP contribution is 2.25. The first-order valence-corrected chi connectivity index (χ1v) is 7.59. The largest absolute Gasteiger partial charge is 0.456 e. The molecule has 2 rings (SSSR count). The highest BCUT2D eigenvalue weighted by molar-refractivity contribution is 6.31. The fourth-order valence-corrected chi connectivity index (χ4v) is 2.30. The van der Waals surface area contributed by atoms with E-state index in [2.05, 4.69) is 10.6 Å². The molecule has 0 unspecified atom stereocenters. The molecule has 3 amide bonds. The van der Waals surface area contributed by atoms with Crippen molar-refractivity contribution in [1.82, 2.24) is 10.6 Å². The highest BCUT2D eigenvalue weighted by Gasteiger charge is 2.24. The molecule has 0 spiro atoms. The number of hydrogen-bond acceptors (Lipinski definition) is 4. The fourth-order valence-electron chi connectivity index (χ4n) is 2.04. The van der Waals surface area contributed by atoms with Crippen LogP contribution >= 0.6 is 11.6 Å². The van der Waals surface area contributed by atoms with E-state index < -0.39 is 18.0 Å². The van der Waals surface area contributed by atoms with Gasteiger partial charge in [-0.15, -0.1) is 0 Å². The zero-order valence-electron chi connectivity index (χ0n) is 12.4. The Balaban J connectivity index is 1.91. The summed E-state index contributed by atoms with van der Waals surface area (Å²) in [7, 11) is 0. The quantitative estimate of drug-likeness (QED) is 0.649. The number of primary amides is 1. The van der Waals surface area contributed by atoms with Gasteiger partial charge in [0, 0.05) is 11.1 Å². The molecule has 124 valence electrons. The Morgan fingerprint density at radius 1 is 1.30 bits per heavy atom. The van der Waals surface area contributed by atoms with E-state index in [1.165, 1.54) is 0 Å². The van der Waals surface area contributed by atoms with Gasteiger partial charge in [0.15, 0.2) is 6.61 Å². The third-order valence-electron chi connectivity index (χ3n) is 3.27. The maximum absolute atomic E-state index is 11.9. The molecule has 0 aliphatic heterocycles. The van der Waals surface area contributed by atoms with Gasteiger partial charge in [0.25, 0.3) is 5.91 Å². The number of rotatable bonds is 7. The van der Waals surface area contributed by atoms with E-state index in [1.54, 1.807) is 24.3 Å². The van der Waals surface area contributed by atoms with Crippen molar-refractivity contribution in [2.75, 3.05) is 6.61 Å². The average molecular weight is 340 g/mol. The summed E-state index contributed by atoms with van der Waals surface area (Å²) >= 11 is 6.07. The number of amides is 3. The Kier molecular flexibility index (Phi) is 5.81. The van der Waals surface area contributed by atoms with Gasteiger partial charge in [-0.05, 0) is 24.5 Å². The predicted molar refractivity (Wildman–Crippen MR) is 83.7 cm³/mol. The van der Waals surface area contributed by atoms with Crippen LogP contribution in [0.15, 0.2) is 24.3 Å². The highest BCUT2D eigenvalue weighted by atomic mass is 35.5. The van der Waals surface area contributed by atoms with Crippen LogP contribution in [0.3, 0.4) is 0 Å². The molecule has 1 atom stereocenters. The predicted octanol–water partition coefficient (Wildman–Crippen LogP) is 1.26. The van der Waals surface area contributed by atoms with Crippen molar-refractivity contribution in [3.63, 3.8) is 0 Å². The molecule has 1 saturated carbocycles. The normalized spacial score (nSPS) is 14.7. The summed E-state index contributed by atoms with van der Waals surface area (Å²) in [5, 5.41) is 5.55. The van der Waals surface area contributed by atoms with Gasteiger partial charge in [0.2, 0.25) is 0 Å². The molecule has 4 N–H and O–H groups in total. The van der Waals surface area contributed by atoms with E-state index in [1.807, 2.05) is 0 Å². The lowest BCUT2D eigenvalue weighted by molar-refractivity contribution is -0.149. The molecule has 0 radical (unpaired) electrons. The van der Waals surface area contributed by atoms with Crippen LogP contribution in [0, 0.1) is 0 Å². The number of carbonyl (C=O) groups excluding carboxylic acids is 3. The minimum Gasteiger partial charge on any atom is -0.456 e. The number of esters is 1. The standard InChI is InChI=1S/C15H18ClN3O4/c16-11-4-2-1-3-10(11)12(19-15(17)22)7-14(21)23-8-13(20)18-9-5-6-9/h1-4,9,12H,5-8H2,(H,18,20)(H3,17,19,22)/t12-/m0/s1. The maximum atomic E-state index is 11.9. The zero-order chi connectivity index (χ0) is 16.8. The van der Waals surface area contributed by atoms with Crippen LogP contribution in [0.1, 0.15) is 30.9 Å². The Morgan fingerprint density at radius 2 is 2.00 bits per heavy atom. The Bertz CT molecular complexity index is 604. The van der Waals surface area contributed by atoms with Crippen molar-refractivity contribution >= 4 is 29.5 Å². The zero-order valence-corrected chi connectivity index (χ0v) is 13.1. The molecule has 1 aromatic carbocycles. The van der Waals surface area contributed by atoms with E-state index >= 15 is 0 Å². The first-order valence-electron chi connectivity index (χ1n) is 7.21. The molecule has 1 aliphatic carbocycles. The third-order valence-corrected chi connectivity index (χ3v) is 3.62. The minimum absolute atomic E-state index is 0.177. The smallest absolute Gasteiger partial charge is 0.312 e. The van der Waals surface area contributed by atoms with Crippen LogP contribution in [0.4, 0.5) is 4.79 Å². The van der Waals surface area contributed by atoms with Crippen molar-refractivity contribution in [2.24, 2.45) is 5.73 Å². The summed E-state index contributed by atoms with van der Waals surface area (Å²) in [5.74, 6) is -0.965. The number of urea groups is 1. The van der Waals surface area contributed by atoms with Gasteiger partial charge in [0.05, 0.1) is 12.5 Å². The summed E-state index contributed by atoms with van der Waals surface area (Å²) in [4.78, 5) is 34.5. The van der Waals surface area contributed by atoms with Crippen molar-refractivity contribution in [2.45, 2.75) is 31.3 Å². The lowest BCUT2D eigenvalue weighted by Gasteiger charge is -2.18. The van der Waals surface area contributed by atoms with E-state index in [0.717, 1.165) is 12.8 Å². The van der Waals surface area contributed by atoms with Gasteiger partial charge < -0.3 is 21.1 Å². The van der Waals surface area contributed by atoms with Gasteiger partial charge in [-0.25, -0.2) is 4.79 Å². The molecule has 0 heterocycles. The first kappa shape index (κ1) is 17.1. The maximum Gasteiger partial charge on any atom is 0.312 e. The van der Waals surface area contributed by atoms with Crippen LogP contribution in [0.2, 0.25) is 5.02 Å². The van der Waals surface area contributed by atoms with E-state index in [4.69, 9.17) is 22.1 Å². The molecule has 1 fully saturated rings. The van der Waals surface area contributed by atoms with Crippen LogP contribution in [-0.4, -0.2) is 30.6 Å². The number of nitrogens with one attached hydrogen (secondary N) is 2. The number of ether oxygens (including phenoxy) is 1. The summed E-state index contributed by atoms with van der Waals surface area (Å²) in [6.45, 7) is -0.346. The monoisotopic (exact) mass is 339 g/mol. The first-order chi connectivity index (χ1) is 11.0. The SMILES string of the molecule is NC(=O)N[C@@H](CC(=O)OCC(=O)NC1CC1)c1ccccc1Cl. The van der Waals surface area contributed by atoms with Crippen molar-refractivity contribution < 1.29 is 19.1 Å². The molecule has 1 aromatic rings. The van der Waals surface area contributed by atoms with E-state index in [9.17, 15) is 14.4 Å². The molecule has 1 aliphatic rings. The molecule has 0 aromatic heterocycles. The van der Waals surface area contributed by atoms with Gasteiger partial charge in [-0.1, -0.05) is 29.8 Å². The van der Waals surface area contributed by atoms with E-state index in [-0.39, 0.29) is 25.0 Å².